The molecule has 0 saturated carbocycles. The number of carbonyl (C=O) groups excluding carboxylic acids is 2. The summed E-state index contributed by atoms with van der Waals surface area (Å²) >= 11 is 0. The zero-order chi connectivity index (χ0) is 20.5. The fraction of sp³-hybridized carbons (Fsp3) is 0.391. The number of hydrogen-bond donors (Lipinski definition) is 1. The minimum absolute atomic E-state index is 0.0311. The molecule has 0 saturated heterocycles. The largest absolute Gasteiger partial charge is 0.332 e. The van der Waals surface area contributed by atoms with Gasteiger partial charge in [-0.3, -0.25) is 14.5 Å². The minimum atomic E-state index is -0.169. The second-order valence-electron chi connectivity index (χ2n) is 7.34. The van der Waals surface area contributed by atoms with Gasteiger partial charge in [-0.15, -0.1) is 0 Å². The highest BCUT2D eigenvalue weighted by atomic mass is 16.2. The molecule has 0 aliphatic rings. The first-order chi connectivity index (χ1) is 13.4. The Hall–Kier alpha value is -2.66. The Balaban J connectivity index is 1.92. The summed E-state index contributed by atoms with van der Waals surface area (Å²) < 4.78 is 0. The lowest BCUT2D eigenvalue weighted by atomic mass is 10.1. The van der Waals surface area contributed by atoms with Gasteiger partial charge in [0.2, 0.25) is 11.8 Å². The van der Waals surface area contributed by atoms with Gasteiger partial charge in [0, 0.05) is 18.8 Å². The number of nitrogens with zero attached hydrogens (tertiary/aromatic N) is 2. The lowest BCUT2D eigenvalue weighted by Crippen LogP contribution is -2.43. The van der Waals surface area contributed by atoms with Crippen molar-refractivity contribution in [2.45, 2.75) is 33.7 Å². The van der Waals surface area contributed by atoms with Crippen molar-refractivity contribution in [2.24, 2.45) is 0 Å². The van der Waals surface area contributed by atoms with Crippen LogP contribution in [0.25, 0.3) is 0 Å². The molecule has 1 N–H and O–H groups in total. The maximum absolute atomic E-state index is 12.7. The van der Waals surface area contributed by atoms with Crippen molar-refractivity contribution < 1.29 is 9.59 Å². The van der Waals surface area contributed by atoms with E-state index in [1.807, 2.05) is 50.1 Å². The molecule has 0 aliphatic heterocycles. The van der Waals surface area contributed by atoms with Crippen LogP contribution in [0.5, 0.6) is 0 Å². The van der Waals surface area contributed by atoms with Crippen molar-refractivity contribution in [3.05, 3.63) is 65.2 Å². The molecular formula is C23H31N3O2. The quantitative estimate of drug-likeness (QED) is 0.722. The number of carbonyl (C=O) groups is 2. The number of nitrogens with one attached hydrogen (secondary N) is 1. The lowest BCUT2D eigenvalue weighted by molar-refractivity contribution is -0.135. The van der Waals surface area contributed by atoms with E-state index < -0.39 is 0 Å². The molecule has 0 unspecified atom stereocenters. The Kier molecular flexibility index (Phi) is 8.20. The third-order valence-corrected chi connectivity index (χ3v) is 4.58. The number of likely N-dealkylation sites (N-methyl/N-ethyl adjacent to an activating group) is 1. The maximum Gasteiger partial charge on any atom is 0.244 e. The van der Waals surface area contributed by atoms with Crippen molar-refractivity contribution in [3.8, 4) is 0 Å². The topological polar surface area (TPSA) is 52.7 Å². The second kappa shape index (κ2) is 10.6. The predicted molar refractivity (Wildman–Crippen MR) is 114 cm³/mol. The van der Waals surface area contributed by atoms with Crippen LogP contribution in [0.15, 0.2) is 48.5 Å². The maximum atomic E-state index is 12.7. The van der Waals surface area contributed by atoms with Gasteiger partial charge < -0.3 is 10.2 Å². The number of rotatable bonds is 9. The highest BCUT2D eigenvalue weighted by molar-refractivity contribution is 5.95. The van der Waals surface area contributed by atoms with E-state index in [4.69, 9.17) is 0 Å². The Labute approximate surface area is 168 Å². The van der Waals surface area contributed by atoms with Crippen LogP contribution in [0.3, 0.4) is 0 Å². The summed E-state index contributed by atoms with van der Waals surface area (Å²) in [5, 5.41) is 2.91. The molecular weight excluding hydrogens is 350 g/mol. The van der Waals surface area contributed by atoms with Crippen molar-refractivity contribution in [2.75, 3.05) is 32.0 Å². The fourth-order valence-electron chi connectivity index (χ4n) is 3.03. The molecule has 0 aliphatic carbocycles. The van der Waals surface area contributed by atoms with Crippen LogP contribution in [-0.4, -0.2) is 48.3 Å². The van der Waals surface area contributed by atoms with Gasteiger partial charge in [-0.1, -0.05) is 55.0 Å². The summed E-state index contributed by atoms with van der Waals surface area (Å²) in [5.74, 6) is -0.200. The Bertz CT molecular complexity index is 787. The van der Waals surface area contributed by atoms with E-state index in [0.29, 0.717) is 13.1 Å². The molecule has 0 bridgehead atoms. The molecule has 28 heavy (non-hydrogen) atoms. The number of amides is 2. The number of para-hydroxylation sites is 1. The molecule has 0 heterocycles. The van der Waals surface area contributed by atoms with Gasteiger partial charge in [0.05, 0.1) is 13.1 Å². The van der Waals surface area contributed by atoms with E-state index >= 15 is 0 Å². The third kappa shape index (κ3) is 6.82. The molecule has 0 fully saturated rings. The van der Waals surface area contributed by atoms with Crippen LogP contribution in [0.1, 0.15) is 30.0 Å². The molecule has 150 valence electrons. The molecule has 2 rings (SSSR count). The van der Waals surface area contributed by atoms with Crippen molar-refractivity contribution in [1.29, 1.82) is 0 Å². The van der Waals surface area contributed by atoms with Crippen LogP contribution < -0.4 is 5.32 Å². The van der Waals surface area contributed by atoms with Gasteiger partial charge in [0.15, 0.2) is 0 Å². The average Bonchev–Trinajstić information content (AvgIpc) is 2.65. The summed E-state index contributed by atoms with van der Waals surface area (Å²) in [7, 11) is 1.93. The van der Waals surface area contributed by atoms with Crippen LogP contribution >= 0.6 is 0 Å². The van der Waals surface area contributed by atoms with Crippen LogP contribution in [0.2, 0.25) is 0 Å². The summed E-state index contributed by atoms with van der Waals surface area (Å²) in [6.45, 7) is 7.63. The first-order valence-corrected chi connectivity index (χ1v) is 9.76. The van der Waals surface area contributed by atoms with E-state index in [-0.39, 0.29) is 24.9 Å². The first kappa shape index (κ1) is 21.6. The Morgan fingerprint density at radius 1 is 0.964 bits per heavy atom. The standard InChI is InChI=1S/C23H31N3O2/c1-5-14-26(16-22(27)24-21-9-7-6-8-19(21)3)23(28)17-25(4)15-20-12-10-18(2)11-13-20/h6-13H,5,14-17H2,1-4H3,(H,24,27). The summed E-state index contributed by atoms with van der Waals surface area (Å²) in [6, 6.07) is 15.9. The molecule has 0 radical (unpaired) electrons. The van der Waals surface area contributed by atoms with Crippen molar-refractivity contribution in [1.82, 2.24) is 9.80 Å². The predicted octanol–water partition coefficient (Wildman–Crippen LogP) is 3.61. The van der Waals surface area contributed by atoms with Gasteiger partial charge in [0.25, 0.3) is 0 Å². The first-order valence-electron chi connectivity index (χ1n) is 9.76. The SMILES string of the molecule is CCCN(CC(=O)Nc1ccccc1C)C(=O)CN(C)Cc1ccc(C)cc1. The molecule has 5 nitrogen and oxygen atoms in total. The van der Waals surface area contributed by atoms with Gasteiger partial charge in [-0.25, -0.2) is 0 Å². The van der Waals surface area contributed by atoms with Crippen LogP contribution in [0.4, 0.5) is 5.69 Å². The number of benzene rings is 2. The van der Waals surface area contributed by atoms with E-state index in [1.54, 1.807) is 4.90 Å². The average molecular weight is 382 g/mol. The molecule has 0 aromatic heterocycles. The molecule has 0 spiro atoms. The second-order valence-corrected chi connectivity index (χ2v) is 7.34. The minimum Gasteiger partial charge on any atom is -0.332 e. The van der Waals surface area contributed by atoms with Gasteiger partial charge >= 0.3 is 0 Å². The monoisotopic (exact) mass is 381 g/mol. The van der Waals surface area contributed by atoms with Crippen molar-refractivity contribution in [3.63, 3.8) is 0 Å². The lowest BCUT2D eigenvalue weighted by Gasteiger charge is -2.25. The van der Waals surface area contributed by atoms with Gasteiger partial charge in [-0.05, 0) is 44.5 Å². The zero-order valence-corrected chi connectivity index (χ0v) is 17.4. The van der Waals surface area contributed by atoms with Gasteiger partial charge in [-0.2, -0.15) is 0 Å². The third-order valence-electron chi connectivity index (χ3n) is 4.58. The highest BCUT2D eigenvalue weighted by Crippen LogP contribution is 2.13. The molecule has 2 amide bonds. The molecule has 5 heteroatoms. The molecule has 0 atom stereocenters. The summed E-state index contributed by atoms with van der Waals surface area (Å²) in [5.41, 5.74) is 4.17. The molecule has 2 aromatic rings. The van der Waals surface area contributed by atoms with Crippen LogP contribution in [0, 0.1) is 13.8 Å². The van der Waals surface area contributed by atoms with E-state index in [2.05, 4.69) is 36.5 Å². The fourth-order valence-corrected chi connectivity index (χ4v) is 3.03. The van der Waals surface area contributed by atoms with E-state index in [0.717, 1.165) is 17.7 Å². The number of anilines is 1. The number of aryl methyl sites for hydroxylation is 2. The van der Waals surface area contributed by atoms with Crippen molar-refractivity contribution >= 4 is 17.5 Å². The van der Waals surface area contributed by atoms with Gasteiger partial charge in [0.1, 0.15) is 0 Å². The highest BCUT2D eigenvalue weighted by Gasteiger charge is 2.18. The smallest absolute Gasteiger partial charge is 0.244 e. The van der Waals surface area contributed by atoms with E-state index in [9.17, 15) is 9.59 Å². The normalized spacial score (nSPS) is 10.8. The zero-order valence-electron chi connectivity index (χ0n) is 17.4. The Morgan fingerprint density at radius 2 is 1.64 bits per heavy atom. The molecule has 2 aromatic carbocycles. The Morgan fingerprint density at radius 3 is 2.29 bits per heavy atom. The summed E-state index contributed by atoms with van der Waals surface area (Å²) in [6.07, 6.45) is 0.811. The summed E-state index contributed by atoms with van der Waals surface area (Å²) in [4.78, 5) is 28.8. The van der Waals surface area contributed by atoms with E-state index in [1.165, 1.54) is 11.1 Å². The number of hydrogen-bond acceptors (Lipinski definition) is 3. The van der Waals surface area contributed by atoms with Crippen LogP contribution in [-0.2, 0) is 16.1 Å².